The van der Waals surface area contributed by atoms with E-state index in [0.717, 1.165) is 12.1 Å². The minimum absolute atomic E-state index is 0.122. The molecule has 1 heterocycles. The first-order chi connectivity index (χ1) is 9.45. The smallest absolute Gasteiger partial charge is 0.260 e. The van der Waals surface area contributed by atoms with Gasteiger partial charge in [0.25, 0.3) is 0 Å². The van der Waals surface area contributed by atoms with E-state index >= 15 is 0 Å². The average Bonchev–Trinajstić information content (AvgIpc) is 2.38. The van der Waals surface area contributed by atoms with Gasteiger partial charge in [-0.3, -0.25) is 5.43 Å². The molecule has 0 amide bonds. The molecule has 0 aliphatic rings. The maximum absolute atomic E-state index is 12.3. The SMILES string of the molecule is O=c1nc(N/N=C\c2ccc(C(F)(F)F)cc2)cn[nH]1. The number of hydrogen-bond acceptors (Lipinski definition) is 5. The van der Waals surface area contributed by atoms with E-state index in [1.165, 1.54) is 24.5 Å². The highest BCUT2D eigenvalue weighted by molar-refractivity contribution is 5.80. The van der Waals surface area contributed by atoms with Crippen molar-refractivity contribution >= 4 is 12.0 Å². The van der Waals surface area contributed by atoms with Crippen LogP contribution in [0.1, 0.15) is 11.1 Å². The number of anilines is 1. The van der Waals surface area contributed by atoms with Gasteiger partial charge in [-0.1, -0.05) is 12.1 Å². The molecule has 1 aromatic carbocycles. The van der Waals surface area contributed by atoms with Crippen LogP contribution >= 0.6 is 0 Å². The molecule has 1 aromatic heterocycles. The summed E-state index contributed by atoms with van der Waals surface area (Å²) in [5.74, 6) is 0.122. The molecule has 2 rings (SSSR count). The Balaban J connectivity index is 2.03. The summed E-state index contributed by atoms with van der Waals surface area (Å²) < 4.78 is 37.0. The second-order valence-corrected chi connectivity index (χ2v) is 3.66. The van der Waals surface area contributed by atoms with E-state index in [0.29, 0.717) is 5.56 Å². The van der Waals surface area contributed by atoms with Crippen LogP contribution in [0.2, 0.25) is 0 Å². The Morgan fingerprint density at radius 1 is 1.25 bits per heavy atom. The normalized spacial score (nSPS) is 11.8. The number of nitrogens with zero attached hydrogens (tertiary/aromatic N) is 3. The van der Waals surface area contributed by atoms with E-state index in [4.69, 9.17) is 0 Å². The van der Waals surface area contributed by atoms with Crippen LogP contribution in [0.25, 0.3) is 0 Å². The standard InChI is InChI=1S/C11H8F3N5O/c12-11(13,14)8-3-1-7(2-4-8)5-15-18-9-6-16-19-10(20)17-9/h1-6H,(H2,17,18,19,20)/b15-5-. The van der Waals surface area contributed by atoms with Gasteiger partial charge >= 0.3 is 11.9 Å². The molecule has 2 N–H and O–H groups in total. The zero-order valence-corrected chi connectivity index (χ0v) is 9.85. The molecule has 0 fully saturated rings. The monoisotopic (exact) mass is 283 g/mol. The predicted molar refractivity (Wildman–Crippen MR) is 65.3 cm³/mol. The summed E-state index contributed by atoms with van der Waals surface area (Å²) in [4.78, 5) is 14.3. The van der Waals surface area contributed by atoms with Crippen LogP contribution < -0.4 is 11.1 Å². The Bertz CT molecular complexity index is 663. The van der Waals surface area contributed by atoms with Crippen molar-refractivity contribution in [2.45, 2.75) is 6.18 Å². The lowest BCUT2D eigenvalue weighted by atomic mass is 10.1. The number of aromatic amines is 1. The molecular weight excluding hydrogens is 275 g/mol. The second kappa shape index (κ2) is 5.51. The lowest BCUT2D eigenvalue weighted by molar-refractivity contribution is -0.137. The Morgan fingerprint density at radius 2 is 1.95 bits per heavy atom. The summed E-state index contributed by atoms with van der Waals surface area (Å²) in [6.07, 6.45) is -1.83. The Kier molecular flexibility index (Phi) is 3.78. The number of hydrogen-bond donors (Lipinski definition) is 2. The van der Waals surface area contributed by atoms with Gasteiger partial charge in [0.15, 0.2) is 5.82 Å². The molecule has 20 heavy (non-hydrogen) atoms. The highest BCUT2D eigenvalue weighted by Gasteiger charge is 2.29. The Morgan fingerprint density at radius 3 is 2.55 bits per heavy atom. The molecule has 0 aliphatic heterocycles. The lowest BCUT2D eigenvalue weighted by Gasteiger charge is -2.05. The number of H-pyrrole nitrogens is 1. The zero-order chi connectivity index (χ0) is 14.6. The summed E-state index contributed by atoms with van der Waals surface area (Å²) >= 11 is 0. The van der Waals surface area contributed by atoms with Crippen LogP contribution in [-0.4, -0.2) is 21.4 Å². The van der Waals surface area contributed by atoms with Gasteiger partial charge < -0.3 is 0 Å². The van der Waals surface area contributed by atoms with Gasteiger partial charge in [0.1, 0.15) is 0 Å². The van der Waals surface area contributed by atoms with E-state index in [1.54, 1.807) is 0 Å². The number of nitrogens with one attached hydrogen (secondary N) is 2. The molecule has 2 aromatic rings. The molecule has 0 aliphatic carbocycles. The summed E-state index contributed by atoms with van der Waals surface area (Å²) in [6.45, 7) is 0. The third-order valence-corrected chi connectivity index (χ3v) is 2.20. The van der Waals surface area contributed by atoms with Crippen LogP contribution in [0, 0.1) is 0 Å². The number of alkyl halides is 3. The van der Waals surface area contributed by atoms with Gasteiger partial charge in [-0.25, -0.2) is 9.89 Å². The van der Waals surface area contributed by atoms with E-state index in [2.05, 4.69) is 25.7 Å². The molecule has 0 radical (unpaired) electrons. The molecule has 104 valence electrons. The Hall–Kier alpha value is -2.71. The average molecular weight is 283 g/mol. The van der Waals surface area contributed by atoms with Crippen LogP contribution in [0.5, 0.6) is 0 Å². The minimum atomic E-state index is -4.37. The topological polar surface area (TPSA) is 83.0 Å². The summed E-state index contributed by atoms with van der Waals surface area (Å²) in [6, 6.07) is 4.46. The van der Waals surface area contributed by atoms with Crippen molar-refractivity contribution < 1.29 is 13.2 Å². The maximum atomic E-state index is 12.3. The first-order valence-corrected chi connectivity index (χ1v) is 5.33. The molecule has 0 unspecified atom stereocenters. The summed E-state index contributed by atoms with van der Waals surface area (Å²) in [5.41, 5.74) is 1.52. The fourth-order valence-corrected chi connectivity index (χ4v) is 1.30. The first kappa shape index (κ1) is 13.7. The third-order valence-electron chi connectivity index (χ3n) is 2.20. The first-order valence-electron chi connectivity index (χ1n) is 5.33. The van der Waals surface area contributed by atoms with E-state index in [1.807, 2.05) is 0 Å². The van der Waals surface area contributed by atoms with Crippen molar-refractivity contribution in [1.82, 2.24) is 15.2 Å². The molecular formula is C11H8F3N5O. The minimum Gasteiger partial charge on any atom is -0.260 e. The van der Waals surface area contributed by atoms with Crippen LogP contribution in [0.4, 0.5) is 19.0 Å². The maximum Gasteiger partial charge on any atom is 0.416 e. The summed E-state index contributed by atoms with van der Waals surface area (Å²) in [7, 11) is 0. The van der Waals surface area contributed by atoms with Crippen molar-refractivity contribution in [3.05, 3.63) is 52.1 Å². The number of aromatic nitrogens is 3. The van der Waals surface area contributed by atoms with Crippen molar-refractivity contribution in [2.24, 2.45) is 5.10 Å². The number of hydrazone groups is 1. The molecule has 0 spiro atoms. The van der Waals surface area contributed by atoms with E-state index in [9.17, 15) is 18.0 Å². The molecule has 9 heteroatoms. The van der Waals surface area contributed by atoms with Crippen molar-refractivity contribution in [3.8, 4) is 0 Å². The molecule has 0 atom stereocenters. The van der Waals surface area contributed by atoms with Crippen molar-refractivity contribution in [3.63, 3.8) is 0 Å². The lowest BCUT2D eigenvalue weighted by Crippen LogP contribution is -2.13. The second-order valence-electron chi connectivity index (χ2n) is 3.66. The molecule has 6 nitrogen and oxygen atoms in total. The molecule has 0 saturated carbocycles. The molecule has 0 bridgehead atoms. The summed E-state index contributed by atoms with van der Waals surface area (Å²) in [5, 5.41) is 9.31. The van der Waals surface area contributed by atoms with Crippen molar-refractivity contribution in [1.29, 1.82) is 0 Å². The molecule has 0 saturated heterocycles. The van der Waals surface area contributed by atoms with Gasteiger partial charge in [0, 0.05) is 0 Å². The number of halogens is 3. The number of rotatable bonds is 3. The quantitative estimate of drug-likeness (QED) is 0.662. The van der Waals surface area contributed by atoms with E-state index < -0.39 is 17.4 Å². The van der Waals surface area contributed by atoms with Gasteiger partial charge in [-0.05, 0) is 17.7 Å². The largest absolute Gasteiger partial charge is 0.416 e. The highest BCUT2D eigenvalue weighted by Crippen LogP contribution is 2.28. The fourth-order valence-electron chi connectivity index (χ4n) is 1.30. The van der Waals surface area contributed by atoms with Gasteiger partial charge in [0.2, 0.25) is 0 Å². The van der Waals surface area contributed by atoms with Gasteiger partial charge in [-0.15, -0.1) is 0 Å². The van der Waals surface area contributed by atoms with Crippen molar-refractivity contribution in [2.75, 3.05) is 5.43 Å². The van der Waals surface area contributed by atoms with Gasteiger partial charge in [0.05, 0.1) is 18.0 Å². The van der Waals surface area contributed by atoms with Crippen LogP contribution in [-0.2, 0) is 6.18 Å². The van der Waals surface area contributed by atoms with Gasteiger partial charge in [-0.2, -0.15) is 28.4 Å². The van der Waals surface area contributed by atoms with E-state index in [-0.39, 0.29) is 5.82 Å². The third kappa shape index (κ3) is 3.64. The zero-order valence-electron chi connectivity index (χ0n) is 9.85. The predicted octanol–water partition coefficient (Wildman–Crippen LogP) is 1.63. The number of benzene rings is 1. The fraction of sp³-hybridized carbons (Fsp3) is 0.0909. The highest BCUT2D eigenvalue weighted by atomic mass is 19.4. The van der Waals surface area contributed by atoms with Crippen LogP contribution in [0.15, 0.2) is 40.4 Å². The van der Waals surface area contributed by atoms with Crippen LogP contribution in [0.3, 0.4) is 0 Å². The Labute approximate surface area is 110 Å².